The summed E-state index contributed by atoms with van der Waals surface area (Å²) in [5.74, 6) is -1.09. The van der Waals surface area contributed by atoms with E-state index in [9.17, 15) is 19.2 Å². The van der Waals surface area contributed by atoms with Gasteiger partial charge in [0.15, 0.2) is 0 Å². The van der Waals surface area contributed by atoms with E-state index in [1.165, 1.54) is 0 Å². The average molecular weight is 358 g/mol. The highest BCUT2D eigenvalue weighted by atomic mass is 16.2. The summed E-state index contributed by atoms with van der Waals surface area (Å²) in [5.41, 5.74) is -0.384. The summed E-state index contributed by atoms with van der Waals surface area (Å²) >= 11 is 0. The van der Waals surface area contributed by atoms with Crippen LogP contribution in [0.2, 0.25) is 0 Å². The van der Waals surface area contributed by atoms with Crippen molar-refractivity contribution in [3.63, 3.8) is 0 Å². The predicted molar refractivity (Wildman–Crippen MR) is 94.2 cm³/mol. The number of urea groups is 2. The molecule has 3 rings (SSSR count). The summed E-state index contributed by atoms with van der Waals surface area (Å²) in [6.45, 7) is 1.45. The Kier molecular flexibility index (Phi) is 4.92. The third-order valence-electron chi connectivity index (χ3n) is 5.09. The number of imide groups is 2. The average Bonchev–Trinajstić information content (AvgIpc) is 2.83. The Balaban J connectivity index is 1.59. The number of benzene rings is 1. The van der Waals surface area contributed by atoms with Crippen LogP contribution < -0.4 is 16.0 Å². The number of hydrogen-bond donors (Lipinski definition) is 3. The largest absolute Gasteiger partial charge is 0.325 e. The first kappa shape index (κ1) is 17.9. The first-order valence-corrected chi connectivity index (χ1v) is 8.72. The van der Waals surface area contributed by atoms with Gasteiger partial charge in [-0.2, -0.15) is 0 Å². The van der Waals surface area contributed by atoms with Crippen LogP contribution >= 0.6 is 0 Å². The molecule has 6 amide bonds. The van der Waals surface area contributed by atoms with Crippen molar-refractivity contribution < 1.29 is 19.2 Å². The maximum atomic E-state index is 12.8. The lowest BCUT2D eigenvalue weighted by Gasteiger charge is -2.36. The highest BCUT2D eigenvalue weighted by molar-refractivity contribution is 6.10. The van der Waals surface area contributed by atoms with Crippen molar-refractivity contribution in [1.29, 1.82) is 0 Å². The quantitative estimate of drug-likeness (QED) is 0.717. The highest BCUT2D eigenvalue weighted by Gasteiger charge is 2.55. The SMILES string of the molecule is C[C@@H]1CCCC[C@]12NC(=O)N(CC(=O)NC(=O)Nc1ccccc1)C2=O. The topological polar surface area (TPSA) is 108 Å². The van der Waals surface area contributed by atoms with Gasteiger partial charge in [0.2, 0.25) is 5.91 Å². The summed E-state index contributed by atoms with van der Waals surface area (Å²) in [5, 5.41) is 7.42. The van der Waals surface area contributed by atoms with Crippen molar-refractivity contribution in [2.24, 2.45) is 5.92 Å². The van der Waals surface area contributed by atoms with Gasteiger partial charge in [0, 0.05) is 5.69 Å². The number of nitrogens with zero attached hydrogens (tertiary/aromatic N) is 1. The molecule has 2 fully saturated rings. The molecular formula is C18H22N4O4. The molecule has 1 aromatic rings. The van der Waals surface area contributed by atoms with Crippen LogP contribution in [0.1, 0.15) is 32.6 Å². The molecule has 3 N–H and O–H groups in total. The standard InChI is InChI=1S/C18H22N4O4/c1-12-7-5-6-10-18(12)15(24)22(17(26)21-18)11-14(23)20-16(25)19-13-8-3-2-4-9-13/h2-4,8-9,12H,5-7,10-11H2,1H3,(H,21,26)(H2,19,20,23,25)/t12-,18+/m1/s1. The molecule has 1 spiro atoms. The smallest absolute Gasteiger partial charge is 0.323 e. The number of para-hydroxylation sites is 1. The lowest BCUT2D eigenvalue weighted by Crippen LogP contribution is -2.54. The minimum Gasteiger partial charge on any atom is -0.323 e. The Hall–Kier alpha value is -2.90. The molecular weight excluding hydrogens is 336 g/mol. The molecule has 8 nitrogen and oxygen atoms in total. The Morgan fingerprint density at radius 1 is 1.23 bits per heavy atom. The van der Waals surface area contributed by atoms with Crippen molar-refractivity contribution >= 4 is 29.6 Å². The number of amides is 6. The fraction of sp³-hybridized carbons (Fsp3) is 0.444. The van der Waals surface area contributed by atoms with Gasteiger partial charge in [0.1, 0.15) is 12.1 Å². The highest BCUT2D eigenvalue weighted by Crippen LogP contribution is 2.38. The fourth-order valence-electron chi connectivity index (χ4n) is 3.63. The third kappa shape index (κ3) is 3.40. The normalized spacial score (nSPS) is 25.1. The molecule has 1 saturated carbocycles. The first-order chi connectivity index (χ1) is 12.4. The molecule has 1 heterocycles. The van der Waals surface area contributed by atoms with E-state index in [0.717, 1.165) is 24.2 Å². The Bertz CT molecular complexity index is 736. The van der Waals surface area contributed by atoms with Gasteiger partial charge >= 0.3 is 12.1 Å². The second kappa shape index (κ2) is 7.15. The van der Waals surface area contributed by atoms with Crippen LogP contribution in [-0.4, -0.2) is 40.9 Å². The monoisotopic (exact) mass is 358 g/mol. The molecule has 26 heavy (non-hydrogen) atoms. The van der Waals surface area contributed by atoms with Crippen molar-refractivity contribution in [2.75, 3.05) is 11.9 Å². The van der Waals surface area contributed by atoms with Crippen LogP contribution in [0.4, 0.5) is 15.3 Å². The summed E-state index contributed by atoms with van der Waals surface area (Å²) in [4.78, 5) is 49.9. The van der Waals surface area contributed by atoms with E-state index in [0.29, 0.717) is 12.1 Å². The van der Waals surface area contributed by atoms with Crippen molar-refractivity contribution in [3.05, 3.63) is 30.3 Å². The molecule has 2 aliphatic rings. The van der Waals surface area contributed by atoms with Gasteiger partial charge in [-0.25, -0.2) is 9.59 Å². The molecule has 0 radical (unpaired) electrons. The molecule has 0 bridgehead atoms. The zero-order valence-electron chi connectivity index (χ0n) is 14.6. The maximum Gasteiger partial charge on any atom is 0.325 e. The van der Waals surface area contributed by atoms with E-state index in [1.54, 1.807) is 30.3 Å². The van der Waals surface area contributed by atoms with E-state index in [4.69, 9.17) is 0 Å². The van der Waals surface area contributed by atoms with Gasteiger partial charge in [0.05, 0.1) is 0 Å². The van der Waals surface area contributed by atoms with Gasteiger partial charge in [-0.1, -0.05) is 38.0 Å². The van der Waals surface area contributed by atoms with Crippen LogP contribution in [0.15, 0.2) is 30.3 Å². The van der Waals surface area contributed by atoms with E-state index in [1.807, 2.05) is 6.92 Å². The molecule has 1 aliphatic carbocycles. The Labute approximate surface area is 151 Å². The van der Waals surface area contributed by atoms with E-state index >= 15 is 0 Å². The number of rotatable bonds is 3. The van der Waals surface area contributed by atoms with Gasteiger partial charge in [-0.15, -0.1) is 0 Å². The van der Waals surface area contributed by atoms with Gasteiger partial charge in [0.25, 0.3) is 5.91 Å². The lowest BCUT2D eigenvalue weighted by atomic mass is 9.73. The number of hydrogen-bond acceptors (Lipinski definition) is 4. The van der Waals surface area contributed by atoms with Crippen molar-refractivity contribution in [1.82, 2.24) is 15.5 Å². The van der Waals surface area contributed by atoms with E-state index in [2.05, 4.69) is 16.0 Å². The molecule has 1 aliphatic heterocycles. The Morgan fingerprint density at radius 2 is 1.96 bits per heavy atom. The van der Waals surface area contributed by atoms with Gasteiger partial charge in [-0.05, 0) is 30.9 Å². The molecule has 1 saturated heterocycles. The summed E-state index contributed by atoms with van der Waals surface area (Å²) in [6, 6.07) is 7.35. The number of anilines is 1. The molecule has 0 aromatic heterocycles. The van der Waals surface area contributed by atoms with Gasteiger partial charge < -0.3 is 10.6 Å². The van der Waals surface area contributed by atoms with E-state index < -0.39 is 30.1 Å². The Morgan fingerprint density at radius 3 is 2.65 bits per heavy atom. The molecule has 2 atom stereocenters. The first-order valence-electron chi connectivity index (χ1n) is 8.72. The van der Waals surface area contributed by atoms with Gasteiger partial charge in [-0.3, -0.25) is 19.8 Å². The number of nitrogens with one attached hydrogen (secondary N) is 3. The van der Waals surface area contributed by atoms with Crippen LogP contribution in [-0.2, 0) is 9.59 Å². The molecule has 0 unspecified atom stereocenters. The summed E-state index contributed by atoms with van der Waals surface area (Å²) < 4.78 is 0. The minimum atomic E-state index is -0.915. The zero-order chi connectivity index (χ0) is 18.7. The maximum absolute atomic E-state index is 12.8. The second-order valence-corrected chi connectivity index (χ2v) is 6.81. The minimum absolute atomic E-state index is 0.0159. The zero-order valence-corrected chi connectivity index (χ0v) is 14.6. The van der Waals surface area contributed by atoms with Crippen LogP contribution in [0, 0.1) is 5.92 Å². The summed E-state index contributed by atoms with van der Waals surface area (Å²) in [7, 11) is 0. The van der Waals surface area contributed by atoms with Crippen molar-refractivity contribution in [3.8, 4) is 0 Å². The fourth-order valence-corrected chi connectivity index (χ4v) is 3.63. The van der Waals surface area contributed by atoms with Crippen molar-refractivity contribution in [2.45, 2.75) is 38.1 Å². The van der Waals surface area contributed by atoms with E-state index in [-0.39, 0.29) is 11.8 Å². The lowest BCUT2D eigenvalue weighted by molar-refractivity contribution is -0.137. The molecule has 138 valence electrons. The van der Waals surface area contributed by atoms with Crippen LogP contribution in [0.25, 0.3) is 0 Å². The summed E-state index contributed by atoms with van der Waals surface area (Å²) in [6.07, 6.45) is 3.30. The molecule has 8 heteroatoms. The third-order valence-corrected chi connectivity index (χ3v) is 5.09. The van der Waals surface area contributed by atoms with Crippen LogP contribution in [0.3, 0.4) is 0 Å². The van der Waals surface area contributed by atoms with Crippen LogP contribution in [0.5, 0.6) is 0 Å². The number of carbonyl (C=O) groups is 4. The second-order valence-electron chi connectivity index (χ2n) is 6.81. The molecule has 1 aromatic carbocycles. The predicted octanol–water partition coefficient (Wildman–Crippen LogP) is 1.84. The number of carbonyl (C=O) groups excluding carboxylic acids is 4.